The first-order chi connectivity index (χ1) is 11.1. The molecule has 3 rings (SSSR count). The van der Waals surface area contributed by atoms with E-state index in [0.717, 1.165) is 12.8 Å². The van der Waals surface area contributed by atoms with Gasteiger partial charge in [0, 0.05) is 18.2 Å². The van der Waals surface area contributed by atoms with Gasteiger partial charge in [0.25, 0.3) is 5.69 Å². The molecule has 1 saturated carbocycles. The van der Waals surface area contributed by atoms with Crippen LogP contribution in [0, 0.1) is 10.1 Å². The van der Waals surface area contributed by atoms with Gasteiger partial charge < -0.3 is 5.32 Å². The molecule has 0 bridgehead atoms. The lowest BCUT2D eigenvalue weighted by Crippen LogP contribution is -2.13. The lowest BCUT2D eigenvalue weighted by atomic mass is 10.2. The van der Waals surface area contributed by atoms with Crippen molar-refractivity contribution in [2.45, 2.75) is 30.5 Å². The number of aromatic nitrogens is 4. The average Bonchev–Trinajstić information content (AvgIpc) is 3.27. The highest BCUT2D eigenvalue weighted by molar-refractivity contribution is 7.99. The van der Waals surface area contributed by atoms with Crippen LogP contribution in [0.25, 0.3) is 0 Å². The minimum absolute atomic E-state index is 0.119. The topological polar surface area (TPSA) is 116 Å². The zero-order valence-electron chi connectivity index (χ0n) is 12.1. The molecular weight excluding hydrogens is 320 g/mol. The maximum atomic E-state index is 11.9. The number of nitrogens with zero attached hydrogens (tertiary/aromatic N) is 5. The molecule has 0 spiro atoms. The molecule has 0 aliphatic heterocycles. The highest BCUT2D eigenvalue weighted by Gasteiger charge is 2.27. The minimum atomic E-state index is -0.520. The van der Waals surface area contributed by atoms with E-state index in [9.17, 15) is 14.9 Å². The van der Waals surface area contributed by atoms with Crippen LogP contribution in [0.15, 0.2) is 29.4 Å². The number of carbonyl (C=O) groups is 1. The fourth-order valence-corrected chi connectivity index (χ4v) is 2.90. The predicted octanol–water partition coefficient (Wildman–Crippen LogP) is 2.04. The monoisotopic (exact) mass is 334 g/mol. The van der Waals surface area contributed by atoms with Gasteiger partial charge in [0.05, 0.1) is 11.0 Å². The minimum Gasteiger partial charge on any atom is -0.320 e. The standard InChI is InChI=1S/C13H14N6O3S/c20-12(14-10-3-1-2-4-11(10)19(21)22)7-8-23-13-15-16-17-18(13)9-5-6-9/h1-4,9H,5-8H2,(H,14,20). The molecule has 1 fully saturated rings. The summed E-state index contributed by atoms with van der Waals surface area (Å²) in [5.41, 5.74) is 0.0847. The summed E-state index contributed by atoms with van der Waals surface area (Å²) in [7, 11) is 0. The fourth-order valence-electron chi connectivity index (χ4n) is 2.02. The summed E-state index contributed by atoms with van der Waals surface area (Å²) in [4.78, 5) is 22.3. The molecule has 0 radical (unpaired) electrons. The number of hydrogen-bond donors (Lipinski definition) is 1. The van der Waals surface area contributed by atoms with Crippen molar-refractivity contribution in [3.63, 3.8) is 0 Å². The Morgan fingerprint density at radius 2 is 2.22 bits per heavy atom. The molecule has 1 aliphatic carbocycles. The number of para-hydroxylation sites is 2. The lowest BCUT2D eigenvalue weighted by Gasteiger charge is -2.05. The van der Waals surface area contributed by atoms with Crippen molar-refractivity contribution in [3.8, 4) is 0 Å². The largest absolute Gasteiger partial charge is 0.320 e. The highest BCUT2D eigenvalue weighted by Crippen LogP contribution is 2.36. The van der Waals surface area contributed by atoms with Gasteiger partial charge in [-0.15, -0.1) is 5.10 Å². The molecule has 2 aromatic rings. The van der Waals surface area contributed by atoms with E-state index in [-0.39, 0.29) is 23.7 Å². The summed E-state index contributed by atoms with van der Waals surface area (Å²) >= 11 is 1.40. The number of tetrazole rings is 1. The Balaban J connectivity index is 1.52. The first kappa shape index (κ1) is 15.4. The average molecular weight is 334 g/mol. The van der Waals surface area contributed by atoms with E-state index >= 15 is 0 Å². The van der Waals surface area contributed by atoms with E-state index in [2.05, 4.69) is 20.8 Å². The van der Waals surface area contributed by atoms with Crippen LogP contribution in [-0.4, -0.2) is 36.8 Å². The van der Waals surface area contributed by atoms with Crippen LogP contribution in [0.1, 0.15) is 25.3 Å². The van der Waals surface area contributed by atoms with E-state index in [1.165, 1.54) is 23.9 Å². The van der Waals surface area contributed by atoms with Gasteiger partial charge >= 0.3 is 0 Å². The molecule has 1 aromatic heterocycles. The van der Waals surface area contributed by atoms with Crippen molar-refractivity contribution in [1.29, 1.82) is 0 Å². The van der Waals surface area contributed by atoms with Gasteiger partial charge in [-0.1, -0.05) is 23.9 Å². The molecule has 0 saturated heterocycles. The molecule has 9 nitrogen and oxygen atoms in total. The summed E-state index contributed by atoms with van der Waals surface area (Å²) in [6, 6.07) is 6.45. The number of nitrogens with one attached hydrogen (secondary N) is 1. The van der Waals surface area contributed by atoms with Gasteiger partial charge in [-0.3, -0.25) is 14.9 Å². The van der Waals surface area contributed by atoms with E-state index in [1.807, 2.05) is 0 Å². The predicted molar refractivity (Wildman–Crippen MR) is 83.2 cm³/mol. The Bertz CT molecular complexity index is 730. The first-order valence-corrected chi connectivity index (χ1v) is 8.07. The highest BCUT2D eigenvalue weighted by atomic mass is 32.2. The van der Waals surface area contributed by atoms with Gasteiger partial charge in [0.1, 0.15) is 5.69 Å². The zero-order valence-corrected chi connectivity index (χ0v) is 12.9. The van der Waals surface area contributed by atoms with Crippen molar-refractivity contribution in [1.82, 2.24) is 20.2 Å². The van der Waals surface area contributed by atoms with E-state index in [0.29, 0.717) is 17.0 Å². The molecular formula is C13H14N6O3S. The number of thioether (sulfide) groups is 1. The van der Waals surface area contributed by atoms with Gasteiger partial charge in [-0.25, -0.2) is 4.68 Å². The third-order valence-corrected chi connectivity index (χ3v) is 4.23. The van der Waals surface area contributed by atoms with Crippen LogP contribution in [0.4, 0.5) is 11.4 Å². The van der Waals surface area contributed by atoms with Crippen molar-refractivity contribution in [2.75, 3.05) is 11.1 Å². The fraction of sp³-hybridized carbons (Fsp3) is 0.385. The third kappa shape index (κ3) is 3.83. The van der Waals surface area contributed by atoms with Crippen LogP contribution in [-0.2, 0) is 4.79 Å². The number of hydrogen-bond acceptors (Lipinski definition) is 7. The smallest absolute Gasteiger partial charge is 0.292 e. The van der Waals surface area contributed by atoms with E-state index in [1.54, 1.807) is 16.8 Å². The summed E-state index contributed by atoms with van der Waals surface area (Å²) in [6.07, 6.45) is 2.38. The molecule has 10 heteroatoms. The van der Waals surface area contributed by atoms with Gasteiger partial charge in [-0.05, 0) is 29.3 Å². The SMILES string of the molecule is O=C(CCSc1nnnn1C1CC1)Nc1ccccc1[N+](=O)[O-]. The number of carbonyl (C=O) groups excluding carboxylic acids is 1. The maximum absolute atomic E-state index is 11.9. The normalized spacial score (nSPS) is 13.7. The Labute approximate surface area is 135 Å². The van der Waals surface area contributed by atoms with E-state index < -0.39 is 4.92 Å². The number of amides is 1. The van der Waals surface area contributed by atoms with E-state index in [4.69, 9.17) is 0 Å². The zero-order chi connectivity index (χ0) is 16.2. The van der Waals surface area contributed by atoms with Gasteiger partial charge in [-0.2, -0.15) is 0 Å². The van der Waals surface area contributed by atoms with Crippen molar-refractivity contribution in [3.05, 3.63) is 34.4 Å². The third-order valence-electron chi connectivity index (χ3n) is 3.29. The molecule has 1 amide bonds. The quantitative estimate of drug-likeness (QED) is 0.468. The summed E-state index contributed by atoms with van der Waals surface area (Å²) in [5.74, 6) is 0.219. The van der Waals surface area contributed by atoms with Crippen molar-refractivity contribution in [2.24, 2.45) is 0 Å². The second-order valence-electron chi connectivity index (χ2n) is 5.06. The van der Waals surface area contributed by atoms with Crippen LogP contribution < -0.4 is 5.32 Å². The number of anilines is 1. The number of nitro groups is 1. The Morgan fingerprint density at radius 1 is 1.43 bits per heavy atom. The van der Waals surface area contributed by atoms with Crippen LogP contribution >= 0.6 is 11.8 Å². The van der Waals surface area contributed by atoms with Gasteiger partial charge in [0.2, 0.25) is 11.1 Å². The Hall–Kier alpha value is -2.49. The number of benzene rings is 1. The summed E-state index contributed by atoms with van der Waals surface area (Å²) in [6.45, 7) is 0. The molecule has 0 atom stereocenters. The summed E-state index contributed by atoms with van der Waals surface area (Å²) in [5, 5.41) is 25.7. The van der Waals surface area contributed by atoms with Crippen LogP contribution in [0.5, 0.6) is 0 Å². The molecule has 0 unspecified atom stereocenters. The molecule has 1 aromatic carbocycles. The maximum Gasteiger partial charge on any atom is 0.292 e. The molecule has 1 aliphatic rings. The van der Waals surface area contributed by atoms with Crippen LogP contribution in [0.3, 0.4) is 0 Å². The summed E-state index contributed by atoms with van der Waals surface area (Å²) < 4.78 is 1.78. The molecule has 120 valence electrons. The molecule has 23 heavy (non-hydrogen) atoms. The van der Waals surface area contributed by atoms with Gasteiger partial charge in [0.15, 0.2) is 0 Å². The second kappa shape index (κ2) is 6.73. The second-order valence-corrected chi connectivity index (χ2v) is 6.12. The Kier molecular flexibility index (Phi) is 4.51. The van der Waals surface area contributed by atoms with Crippen LogP contribution in [0.2, 0.25) is 0 Å². The first-order valence-electron chi connectivity index (χ1n) is 7.09. The Morgan fingerprint density at radius 3 is 2.96 bits per heavy atom. The molecule has 1 N–H and O–H groups in total. The number of rotatable bonds is 7. The molecule has 1 heterocycles. The van der Waals surface area contributed by atoms with Crippen molar-refractivity contribution >= 4 is 29.0 Å². The van der Waals surface area contributed by atoms with Crippen molar-refractivity contribution < 1.29 is 9.72 Å². The lowest BCUT2D eigenvalue weighted by molar-refractivity contribution is -0.383. The number of nitro benzene ring substituents is 1.